The van der Waals surface area contributed by atoms with Crippen molar-refractivity contribution in [2.75, 3.05) is 25.8 Å². The monoisotopic (exact) mass is 575 g/mol. The molecule has 0 saturated carbocycles. The second-order valence-corrected chi connectivity index (χ2v) is 10.5. The lowest BCUT2D eigenvalue weighted by Crippen LogP contribution is -2.53. The van der Waals surface area contributed by atoms with Crippen molar-refractivity contribution in [3.63, 3.8) is 0 Å². The molecule has 11 heteroatoms. The summed E-state index contributed by atoms with van der Waals surface area (Å²) in [6.45, 7) is 0.734. The minimum absolute atomic E-state index is 0.0951. The minimum atomic E-state index is -0.635. The van der Waals surface area contributed by atoms with Crippen LogP contribution in [-0.2, 0) is 16.1 Å². The van der Waals surface area contributed by atoms with Crippen LogP contribution in [0.25, 0.3) is 0 Å². The van der Waals surface area contributed by atoms with Gasteiger partial charge in [0.15, 0.2) is 11.5 Å². The summed E-state index contributed by atoms with van der Waals surface area (Å²) in [6, 6.07) is 15.7. The van der Waals surface area contributed by atoms with Gasteiger partial charge in [-0.25, -0.2) is 4.39 Å². The van der Waals surface area contributed by atoms with E-state index in [0.717, 1.165) is 5.56 Å². The van der Waals surface area contributed by atoms with Gasteiger partial charge in [0.2, 0.25) is 12.7 Å². The summed E-state index contributed by atoms with van der Waals surface area (Å²) in [6.07, 6.45) is 0.683. The van der Waals surface area contributed by atoms with Crippen molar-refractivity contribution in [3.05, 3.63) is 83.2 Å². The third-order valence-electron chi connectivity index (χ3n) is 7.73. The summed E-state index contributed by atoms with van der Waals surface area (Å²) in [5.41, 5.74) is 1.44. The fraction of sp³-hybridized carbons (Fsp3) is 0.323. The molecule has 0 aliphatic carbocycles. The van der Waals surface area contributed by atoms with E-state index in [4.69, 9.17) is 18.9 Å². The predicted octanol–water partition coefficient (Wildman–Crippen LogP) is 3.89. The Morgan fingerprint density at radius 2 is 1.79 bits per heavy atom. The average molecular weight is 576 g/mol. The number of nitrogens with one attached hydrogen (secondary N) is 2. The number of fused-ring (bicyclic) bond motifs is 3. The van der Waals surface area contributed by atoms with Crippen molar-refractivity contribution in [2.24, 2.45) is 0 Å². The van der Waals surface area contributed by atoms with Crippen molar-refractivity contribution < 1.29 is 37.7 Å². The van der Waals surface area contributed by atoms with Crippen LogP contribution < -0.4 is 24.8 Å². The smallest absolute Gasteiger partial charge is 0.258 e. The standard InChI is InChI=1S/C31H30FN3O7/c1-35-24-9-8-20(14-29(36)33-15-18-6-10-26-27(12-18)41-17-40-26)42-28(24)16-39-25-11-7-19(13-22(25)31(35)38)34-30(37)21-4-2-3-5-23(21)32/h2-7,10-13,20,24,28H,8-9,14-17H2,1H3,(H,33,36)(H,34,37)/t20-,24-,28-/m1/s1. The van der Waals surface area contributed by atoms with Gasteiger partial charge < -0.3 is 34.5 Å². The molecule has 3 aromatic carbocycles. The summed E-state index contributed by atoms with van der Waals surface area (Å²) >= 11 is 0. The maximum Gasteiger partial charge on any atom is 0.258 e. The number of hydrogen-bond donors (Lipinski definition) is 2. The molecule has 42 heavy (non-hydrogen) atoms. The molecule has 1 fully saturated rings. The number of benzene rings is 3. The Morgan fingerprint density at radius 3 is 2.64 bits per heavy atom. The second kappa shape index (κ2) is 11.7. The number of carbonyl (C=O) groups excluding carboxylic acids is 3. The first kappa shape index (κ1) is 27.5. The number of nitrogens with zero attached hydrogens (tertiary/aromatic N) is 1. The van der Waals surface area contributed by atoms with Gasteiger partial charge in [-0.3, -0.25) is 14.4 Å². The van der Waals surface area contributed by atoms with Crippen LogP contribution in [0.2, 0.25) is 0 Å². The van der Waals surface area contributed by atoms with Crippen molar-refractivity contribution in [2.45, 2.75) is 44.1 Å². The summed E-state index contributed by atoms with van der Waals surface area (Å²) in [7, 11) is 1.71. The SMILES string of the molecule is CN1C(=O)c2cc(NC(=O)c3ccccc3F)ccc2OC[C@H]2O[C@@H](CC(=O)NCc3ccc4c(c3)OCO4)CC[C@H]21. The zero-order valence-electron chi connectivity index (χ0n) is 22.9. The number of carbonyl (C=O) groups is 3. The summed E-state index contributed by atoms with van der Waals surface area (Å²) in [4.78, 5) is 40.4. The fourth-order valence-corrected chi connectivity index (χ4v) is 5.48. The van der Waals surface area contributed by atoms with Gasteiger partial charge in [-0.15, -0.1) is 0 Å². The maximum atomic E-state index is 14.0. The number of ether oxygens (including phenoxy) is 4. The Labute approximate surface area is 241 Å². The quantitative estimate of drug-likeness (QED) is 0.458. The highest BCUT2D eigenvalue weighted by Gasteiger charge is 2.39. The van der Waals surface area contributed by atoms with E-state index >= 15 is 0 Å². The minimum Gasteiger partial charge on any atom is -0.490 e. The van der Waals surface area contributed by atoms with Crippen LogP contribution in [0.4, 0.5) is 10.1 Å². The molecule has 0 spiro atoms. The maximum absolute atomic E-state index is 14.0. The lowest BCUT2D eigenvalue weighted by molar-refractivity contribution is -0.134. The molecule has 3 amide bonds. The Hall–Kier alpha value is -4.64. The highest BCUT2D eigenvalue weighted by Crippen LogP contribution is 2.34. The van der Waals surface area contributed by atoms with Crippen molar-refractivity contribution in [3.8, 4) is 17.2 Å². The van der Waals surface area contributed by atoms with Gasteiger partial charge in [0.1, 0.15) is 24.3 Å². The zero-order valence-corrected chi connectivity index (χ0v) is 22.9. The summed E-state index contributed by atoms with van der Waals surface area (Å²) in [5, 5.41) is 5.58. The van der Waals surface area contributed by atoms with Crippen LogP contribution in [0.1, 0.15) is 45.5 Å². The van der Waals surface area contributed by atoms with Crippen LogP contribution >= 0.6 is 0 Å². The molecule has 3 atom stereocenters. The first-order valence-electron chi connectivity index (χ1n) is 13.8. The summed E-state index contributed by atoms with van der Waals surface area (Å²) < 4.78 is 37.0. The molecule has 3 heterocycles. The van der Waals surface area contributed by atoms with E-state index in [2.05, 4.69) is 10.6 Å². The summed E-state index contributed by atoms with van der Waals surface area (Å²) in [5.74, 6) is 0.0249. The molecule has 3 aromatic rings. The van der Waals surface area contributed by atoms with Crippen LogP contribution in [0, 0.1) is 5.82 Å². The van der Waals surface area contributed by atoms with E-state index in [-0.39, 0.29) is 54.9 Å². The Bertz CT molecular complexity index is 1530. The van der Waals surface area contributed by atoms with Gasteiger partial charge in [0.05, 0.1) is 29.7 Å². The average Bonchev–Trinajstić information content (AvgIpc) is 3.46. The third kappa shape index (κ3) is 5.73. The molecular formula is C31H30FN3O7. The number of rotatable bonds is 6. The molecule has 6 rings (SSSR count). The lowest BCUT2D eigenvalue weighted by atomic mass is 9.94. The zero-order chi connectivity index (χ0) is 29.2. The van der Waals surface area contributed by atoms with Crippen LogP contribution in [0.15, 0.2) is 60.7 Å². The van der Waals surface area contributed by atoms with Crippen molar-refractivity contribution in [1.82, 2.24) is 10.2 Å². The Balaban J connectivity index is 1.07. The normalized spacial score (nSPS) is 20.9. The third-order valence-corrected chi connectivity index (χ3v) is 7.73. The molecule has 3 aliphatic heterocycles. The highest BCUT2D eigenvalue weighted by atomic mass is 19.1. The molecule has 10 nitrogen and oxygen atoms in total. The molecule has 0 bridgehead atoms. The predicted molar refractivity (Wildman–Crippen MR) is 149 cm³/mol. The number of halogens is 1. The Kier molecular flexibility index (Phi) is 7.66. The van der Waals surface area contributed by atoms with E-state index in [1.165, 1.54) is 24.3 Å². The number of likely N-dealkylation sites (N-methyl/N-ethyl adjacent to an activating group) is 1. The number of amides is 3. The first-order valence-corrected chi connectivity index (χ1v) is 13.8. The van der Waals surface area contributed by atoms with Gasteiger partial charge in [-0.05, 0) is 60.9 Å². The first-order chi connectivity index (χ1) is 20.4. The van der Waals surface area contributed by atoms with Gasteiger partial charge in [0, 0.05) is 19.3 Å². The molecule has 218 valence electrons. The molecule has 1 saturated heterocycles. The van der Waals surface area contributed by atoms with E-state index in [0.29, 0.717) is 42.3 Å². The van der Waals surface area contributed by atoms with Gasteiger partial charge in [-0.2, -0.15) is 0 Å². The molecular weight excluding hydrogens is 545 g/mol. The van der Waals surface area contributed by atoms with Crippen LogP contribution in [0.3, 0.4) is 0 Å². The fourth-order valence-electron chi connectivity index (χ4n) is 5.48. The Morgan fingerprint density at radius 1 is 0.976 bits per heavy atom. The molecule has 0 aromatic heterocycles. The van der Waals surface area contributed by atoms with E-state index in [1.807, 2.05) is 18.2 Å². The van der Waals surface area contributed by atoms with Crippen LogP contribution in [-0.4, -0.2) is 61.3 Å². The van der Waals surface area contributed by atoms with E-state index < -0.39 is 17.8 Å². The number of anilines is 1. The van der Waals surface area contributed by atoms with Gasteiger partial charge in [0.25, 0.3) is 11.8 Å². The molecule has 2 N–H and O–H groups in total. The van der Waals surface area contributed by atoms with Gasteiger partial charge >= 0.3 is 0 Å². The van der Waals surface area contributed by atoms with E-state index in [1.54, 1.807) is 30.1 Å². The van der Waals surface area contributed by atoms with E-state index in [9.17, 15) is 18.8 Å². The second-order valence-electron chi connectivity index (χ2n) is 10.5. The van der Waals surface area contributed by atoms with Gasteiger partial charge in [-0.1, -0.05) is 18.2 Å². The molecule has 0 unspecified atom stereocenters. The number of hydrogen-bond acceptors (Lipinski definition) is 7. The largest absolute Gasteiger partial charge is 0.490 e. The van der Waals surface area contributed by atoms with Crippen molar-refractivity contribution >= 4 is 23.4 Å². The lowest BCUT2D eigenvalue weighted by Gasteiger charge is -2.42. The molecule has 3 aliphatic rings. The topological polar surface area (TPSA) is 115 Å². The molecule has 0 radical (unpaired) electrons. The van der Waals surface area contributed by atoms with Crippen molar-refractivity contribution in [1.29, 1.82) is 0 Å². The van der Waals surface area contributed by atoms with Crippen LogP contribution in [0.5, 0.6) is 17.2 Å². The highest BCUT2D eigenvalue weighted by molar-refractivity contribution is 6.05.